The van der Waals surface area contributed by atoms with Crippen molar-refractivity contribution >= 4 is 27.5 Å². The molecule has 0 aliphatic heterocycles. The molecular weight excluding hydrogens is 358 g/mol. The van der Waals surface area contributed by atoms with Gasteiger partial charge < -0.3 is 9.47 Å². The van der Waals surface area contributed by atoms with Crippen LogP contribution in [0, 0.1) is 0 Å². The van der Waals surface area contributed by atoms with E-state index < -0.39 is 0 Å². The van der Waals surface area contributed by atoms with Crippen molar-refractivity contribution < 1.29 is 9.47 Å². The van der Waals surface area contributed by atoms with Crippen LogP contribution in [0.2, 0.25) is 0 Å². The molecule has 2 rings (SSSR count). The highest BCUT2D eigenvalue weighted by atomic mass is 79.9. The fraction of sp³-hybridized carbons (Fsp3) is 0.429. The van der Waals surface area contributed by atoms with Crippen LogP contribution < -0.4 is 9.47 Å². The van der Waals surface area contributed by atoms with Crippen molar-refractivity contribution in [3.8, 4) is 11.5 Å². The van der Waals surface area contributed by atoms with Gasteiger partial charge >= 0.3 is 0 Å². The van der Waals surface area contributed by atoms with Crippen LogP contribution in [0.4, 0.5) is 0 Å². The first-order valence-electron chi connectivity index (χ1n) is 6.53. The highest BCUT2D eigenvalue weighted by Crippen LogP contribution is 2.33. The summed E-state index contributed by atoms with van der Waals surface area (Å²) in [7, 11) is 3.28. The standard InChI is InChI=1S/C14H17BrClN3O2/c1-20-13-7-12(15)14(21-2)6-10(13)8-19-9-11(17-18-19)4-3-5-16/h6-7,9H,3-5,8H2,1-2H3. The van der Waals surface area contributed by atoms with E-state index >= 15 is 0 Å². The molecule has 5 nitrogen and oxygen atoms in total. The van der Waals surface area contributed by atoms with Gasteiger partial charge in [0.25, 0.3) is 0 Å². The van der Waals surface area contributed by atoms with Crippen LogP contribution in [0.5, 0.6) is 11.5 Å². The molecular formula is C14H17BrClN3O2. The van der Waals surface area contributed by atoms with E-state index in [0.717, 1.165) is 40.1 Å². The highest BCUT2D eigenvalue weighted by molar-refractivity contribution is 9.10. The number of methoxy groups -OCH3 is 2. The lowest BCUT2D eigenvalue weighted by Crippen LogP contribution is -2.03. The number of hydrogen-bond donors (Lipinski definition) is 0. The molecule has 0 radical (unpaired) electrons. The Morgan fingerprint density at radius 3 is 2.67 bits per heavy atom. The summed E-state index contributed by atoms with van der Waals surface area (Å²) in [6.07, 6.45) is 3.67. The number of halogens is 2. The first kappa shape index (κ1) is 16.1. The van der Waals surface area contributed by atoms with Crippen molar-refractivity contribution in [2.45, 2.75) is 19.4 Å². The molecule has 0 amide bonds. The van der Waals surface area contributed by atoms with Crippen LogP contribution in [0.25, 0.3) is 0 Å². The van der Waals surface area contributed by atoms with Gasteiger partial charge in [-0.05, 0) is 40.9 Å². The van der Waals surface area contributed by atoms with Gasteiger partial charge in [-0.15, -0.1) is 16.7 Å². The molecule has 0 saturated heterocycles. The summed E-state index contributed by atoms with van der Waals surface area (Å²) in [5.74, 6) is 2.17. The van der Waals surface area contributed by atoms with Gasteiger partial charge in [-0.25, -0.2) is 4.68 Å². The second-order valence-corrected chi connectivity index (χ2v) is 5.73. The molecule has 0 N–H and O–H groups in total. The van der Waals surface area contributed by atoms with Gasteiger partial charge in [-0.2, -0.15) is 0 Å². The Hall–Kier alpha value is -1.27. The summed E-state index contributed by atoms with van der Waals surface area (Å²) in [6, 6.07) is 3.82. The second-order valence-electron chi connectivity index (χ2n) is 4.50. The maximum Gasteiger partial charge on any atom is 0.133 e. The smallest absolute Gasteiger partial charge is 0.133 e. The van der Waals surface area contributed by atoms with E-state index in [1.807, 2.05) is 18.3 Å². The molecule has 0 aliphatic carbocycles. The van der Waals surface area contributed by atoms with Gasteiger partial charge in [0.15, 0.2) is 0 Å². The number of ether oxygens (including phenoxy) is 2. The Labute approximate surface area is 137 Å². The van der Waals surface area contributed by atoms with Gasteiger partial charge in [0, 0.05) is 17.6 Å². The molecule has 0 fully saturated rings. The average molecular weight is 375 g/mol. The van der Waals surface area contributed by atoms with E-state index in [2.05, 4.69) is 26.2 Å². The number of hydrogen-bond acceptors (Lipinski definition) is 4. The third-order valence-corrected chi connectivity index (χ3v) is 3.93. The fourth-order valence-electron chi connectivity index (χ4n) is 2.00. The molecule has 2 aromatic rings. The normalized spacial score (nSPS) is 10.7. The lowest BCUT2D eigenvalue weighted by Gasteiger charge is -2.12. The van der Waals surface area contributed by atoms with Crippen molar-refractivity contribution in [1.29, 1.82) is 0 Å². The van der Waals surface area contributed by atoms with Gasteiger partial charge in [0.1, 0.15) is 11.5 Å². The van der Waals surface area contributed by atoms with Crippen molar-refractivity contribution in [2.24, 2.45) is 0 Å². The fourth-order valence-corrected chi connectivity index (χ4v) is 2.62. The maximum atomic E-state index is 5.69. The summed E-state index contributed by atoms with van der Waals surface area (Å²) in [5, 5.41) is 8.27. The number of rotatable bonds is 7. The van der Waals surface area contributed by atoms with Crippen LogP contribution in [-0.4, -0.2) is 35.1 Å². The van der Waals surface area contributed by atoms with E-state index in [1.54, 1.807) is 18.9 Å². The van der Waals surface area contributed by atoms with Crippen LogP contribution in [0.15, 0.2) is 22.8 Å². The van der Waals surface area contributed by atoms with Crippen LogP contribution >= 0.6 is 27.5 Å². The monoisotopic (exact) mass is 373 g/mol. The molecule has 0 bridgehead atoms. The van der Waals surface area contributed by atoms with Crippen molar-refractivity contribution in [3.05, 3.63) is 34.1 Å². The number of aryl methyl sites for hydroxylation is 1. The van der Waals surface area contributed by atoms with Crippen molar-refractivity contribution in [1.82, 2.24) is 15.0 Å². The number of aromatic nitrogens is 3. The van der Waals surface area contributed by atoms with E-state index in [-0.39, 0.29) is 0 Å². The van der Waals surface area contributed by atoms with Crippen LogP contribution in [0.1, 0.15) is 17.7 Å². The van der Waals surface area contributed by atoms with Gasteiger partial charge in [-0.1, -0.05) is 5.21 Å². The zero-order valence-electron chi connectivity index (χ0n) is 12.0. The van der Waals surface area contributed by atoms with E-state index in [9.17, 15) is 0 Å². The average Bonchev–Trinajstić information content (AvgIpc) is 2.94. The first-order chi connectivity index (χ1) is 10.2. The molecule has 0 saturated carbocycles. The van der Waals surface area contributed by atoms with Crippen LogP contribution in [-0.2, 0) is 13.0 Å². The summed E-state index contributed by atoms with van der Waals surface area (Å²) in [6.45, 7) is 0.570. The number of alkyl halides is 1. The predicted molar refractivity (Wildman–Crippen MR) is 85.4 cm³/mol. The Morgan fingerprint density at radius 1 is 1.24 bits per heavy atom. The minimum Gasteiger partial charge on any atom is -0.496 e. The quantitative estimate of drug-likeness (QED) is 0.698. The molecule has 1 aromatic carbocycles. The van der Waals surface area contributed by atoms with Gasteiger partial charge in [0.2, 0.25) is 0 Å². The number of nitrogens with zero attached hydrogens (tertiary/aromatic N) is 3. The molecule has 0 aliphatic rings. The predicted octanol–water partition coefficient (Wildman–Crippen LogP) is 3.28. The van der Waals surface area contributed by atoms with Gasteiger partial charge in [-0.3, -0.25) is 0 Å². The van der Waals surface area contributed by atoms with E-state index in [0.29, 0.717) is 12.4 Å². The first-order valence-corrected chi connectivity index (χ1v) is 7.86. The summed E-state index contributed by atoms with van der Waals surface area (Å²) < 4.78 is 13.4. The topological polar surface area (TPSA) is 49.2 Å². The SMILES string of the molecule is COc1cc(Cn2cc(CCCCl)nn2)c(OC)cc1Br. The van der Waals surface area contributed by atoms with Crippen molar-refractivity contribution in [2.75, 3.05) is 20.1 Å². The Morgan fingerprint density at radius 2 is 2.00 bits per heavy atom. The molecule has 1 aromatic heterocycles. The van der Waals surface area contributed by atoms with Crippen LogP contribution in [0.3, 0.4) is 0 Å². The molecule has 21 heavy (non-hydrogen) atoms. The largest absolute Gasteiger partial charge is 0.496 e. The minimum absolute atomic E-state index is 0.570. The minimum atomic E-state index is 0.570. The molecule has 114 valence electrons. The zero-order valence-corrected chi connectivity index (χ0v) is 14.3. The third kappa shape index (κ3) is 4.11. The Kier molecular flexibility index (Phi) is 5.87. The number of benzene rings is 1. The molecule has 7 heteroatoms. The van der Waals surface area contributed by atoms with Crippen molar-refractivity contribution in [3.63, 3.8) is 0 Å². The summed E-state index contributed by atoms with van der Waals surface area (Å²) in [4.78, 5) is 0. The highest BCUT2D eigenvalue weighted by Gasteiger charge is 2.11. The van der Waals surface area contributed by atoms with Gasteiger partial charge in [0.05, 0.1) is 30.9 Å². The van der Waals surface area contributed by atoms with E-state index in [4.69, 9.17) is 21.1 Å². The molecule has 0 atom stereocenters. The molecule has 0 spiro atoms. The molecule has 0 unspecified atom stereocenters. The lowest BCUT2D eigenvalue weighted by molar-refractivity contribution is 0.394. The third-order valence-electron chi connectivity index (χ3n) is 3.04. The summed E-state index contributed by atoms with van der Waals surface area (Å²) >= 11 is 9.13. The zero-order chi connectivity index (χ0) is 15.2. The Bertz CT molecular complexity index is 604. The lowest BCUT2D eigenvalue weighted by atomic mass is 10.2. The second kappa shape index (κ2) is 7.66. The van der Waals surface area contributed by atoms with E-state index in [1.165, 1.54) is 0 Å². The molecule has 1 heterocycles. The summed E-state index contributed by atoms with van der Waals surface area (Å²) in [5.41, 5.74) is 1.92. The Balaban J connectivity index is 2.19. The maximum absolute atomic E-state index is 5.69.